The standard InChI is InChI=1S/C27H30FN3O3S/c1-4-25(32)31-13-12-18-10-11-21(15-22(18)26(31)19-8-7-9-20(28)14-19)34-16-24-29-23(17-35-24)27(33)30(5-2)6-3/h7-11,14-15,17,26H,4-6,12-13,16H2,1-3H3/t26-/m1/s1. The number of carbonyl (C=O) groups is 2. The summed E-state index contributed by atoms with van der Waals surface area (Å²) in [5.74, 6) is 0.266. The van der Waals surface area contributed by atoms with Crippen LogP contribution in [0, 0.1) is 5.82 Å². The van der Waals surface area contributed by atoms with E-state index in [2.05, 4.69) is 4.98 Å². The first-order valence-electron chi connectivity index (χ1n) is 12.0. The summed E-state index contributed by atoms with van der Waals surface area (Å²) in [6.07, 6.45) is 1.12. The normalized spacial score (nSPS) is 15.0. The molecule has 35 heavy (non-hydrogen) atoms. The van der Waals surface area contributed by atoms with Crippen molar-refractivity contribution in [3.8, 4) is 5.75 Å². The highest BCUT2D eigenvalue weighted by atomic mass is 32.1. The van der Waals surface area contributed by atoms with Gasteiger partial charge in [0.05, 0.1) is 6.04 Å². The lowest BCUT2D eigenvalue weighted by molar-refractivity contribution is -0.132. The van der Waals surface area contributed by atoms with Gasteiger partial charge >= 0.3 is 0 Å². The molecule has 0 N–H and O–H groups in total. The summed E-state index contributed by atoms with van der Waals surface area (Å²) in [6, 6.07) is 11.9. The highest BCUT2D eigenvalue weighted by molar-refractivity contribution is 7.09. The molecule has 0 bridgehead atoms. The van der Waals surface area contributed by atoms with Gasteiger partial charge in [-0.05, 0) is 61.2 Å². The molecule has 1 aliphatic rings. The number of carbonyl (C=O) groups excluding carboxylic acids is 2. The Hall–Kier alpha value is -3.26. The number of ether oxygens (including phenoxy) is 1. The smallest absolute Gasteiger partial charge is 0.273 e. The summed E-state index contributed by atoms with van der Waals surface area (Å²) in [6.45, 7) is 7.82. The predicted octanol–water partition coefficient (Wildman–Crippen LogP) is 5.23. The fourth-order valence-electron chi connectivity index (χ4n) is 4.48. The van der Waals surface area contributed by atoms with Crippen LogP contribution >= 0.6 is 11.3 Å². The number of thiazole rings is 1. The zero-order chi connectivity index (χ0) is 24.9. The van der Waals surface area contributed by atoms with E-state index in [1.54, 1.807) is 16.3 Å². The quantitative estimate of drug-likeness (QED) is 0.430. The van der Waals surface area contributed by atoms with Crippen LogP contribution in [0.1, 0.15) is 65.4 Å². The summed E-state index contributed by atoms with van der Waals surface area (Å²) < 4.78 is 20.1. The first-order chi connectivity index (χ1) is 16.9. The topological polar surface area (TPSA) is 62.7 Å². The SMILES string of the molecule is CCC(=O)N1CCc2ccc(OCc3nc(C(=O)N(CC)CC)cs3)cc2[C@H]1c1cccc(F)c1. The van der Waals surface area contributed by atoms with E-state index in [-0.39, 0.29) is 30.3 Å². The van der Waals surface area contributed by atoms with Crippen LogP contribution in [0.2, 0.25) is 0 Å². The average molecular weight is 496 g/mol. The second-order valence-electron chi connectivity index (χ2n) is 8.40. The van der Waals surface area contributed by atoms with Gasteiger partial charge in [0.2, 0.25) is 5.91 Å². The number of amides is 2. The van der Waals surface area contributed by atoms with Crippen molar-refractivity contribution < 1.29 is 18.7 Å². The maximum Gasteiger partial charge on any atom is 0.273 e. The molecule has 1 aromatic heterocycles. The van der Waals surface area contributed by atoms with Gasteiger partial charge in [0, 0.05) is 31.4 Å². The van der Waals surface area contributed by atoms with E-state index in [4.69, 9.17) is 4.74 Å². The van der Waals surface area contributed by atoms with Crippen molar-refractivity contribution >= 4 is 23.2 Å². The molecule has 1 aliphatic heterocycles. The van der Waals surface area contributed by atoms with Crippen molar-refractivity contribution in [1.29, 1.82) is 0 Å². The molecule has 0 aliphatic carbocycles. The van der Waals surface area contributed by atoms with Crippen LogP contribution in [-0.4, -0.2) is 46.2 Å². The van der Waals surface area contributed by atoms with Gasteiger partial charge in [-0.25, -0.2) is 9.37 Å². The van der Waals surface area contributed by atoms with Gasteiger partial charge in [-0.15, -0.1) is 11.3 Å². The molecule has 0 saturated heterocycles. The van der Waals surface area contributed by atoms with Crippen LogP contribution in [-0.2, 0) is 17.8 Å². The molecule has 2 heterocycles. The van der Waals surface area contributed by atoms with E-state index in [0.717, 1.165) is 23.1 Å². The lowest BCUT2D eigenvalue weighted by Crippen LogP contribution is -2.40. The molecule has 0 saturated carbocycles. The molecular formula is C27H30FN3O3S. The van der Waals surface area contributed by atoms with Crippen molar-refractivity contribution in [1.82, 2.24) is 14.8 Å². The fraction of sp³-hybridized carbons (Fsp3) is 0.370. The third-order valence-corrected chi connectivity index (χ3v) is 7.14. The number of aromatic nitrogens is 1. The maximum absolute atomic E-state index is 14.1. The maximum atomic E-state index is 14.1. The minimum absolute atomic E-state index is 0.0319. The Bertz CT molecular complexity index is 1210. The van der Waals surface area contributed by atoms with Crippen molar-refractivity contribution in [2.45, 2.75) is 46.3 Å². The van der Waals surface area contributed by atoms with Crippen molar-refractivity contribution in [3.63, 3.8) is 0 Å². The van der Waals surface area contributed by atoms with E-state index in [1.165, 1.54) is 23.5 Å². The van der Waals surface area contributed by atoms with Gasteiger partial charge in [0.15, 0.2) is 0 Å². The number of rotatable bonds is 8. The fourth-order valence-corrected chi connectivity index (χ4v) is 5.16. The Balaban J connectivity index is 1.57. The number of benzene rings is 2. The van der Waals surface area contributed by atoms with Gasteiger partial charge in [-0.2, -0.15) is 0 Å². The van der Waals surface area contributed by atoms with Crippen molar-refractivity contribution in [3.05, 3.63) is 81.1 Å². The first-order valence-corrected chi connectivity index (χ1v) is 12.9. The van der Waals surface area contributed by atoms with Crippen molar-refractivity contribution in [2.24, 2.45) is 0 Å². The summed E-state index contributed by atoms with van der Waals surface area (Å²) in [7, 11) is 0. The number of hydrogen-bond donors (Lipinski definition) is 0. The monoisotopic (exact) mass is 495 g/mol. The number of fused-ring (bicyclic) bond motifs is 1. The van der Waals surface area contributed by atoms with Gasteiger partial charge in [0.1, 0.15) is 28.9 Å². The van der Waals surface area contributed by atoms with Crippen LogP contribution in [0.15, 0.2) is 47.8 Å². The molecule has 184 valence electrons. The number of nitrogens with zero attached hydrogens (tertiary/aromatic N) is 3. The Kier molecular flexibility index (Phi) is 7.80. The molecule has 0 spiro atoms. The van der Waals surface area contributed by atoms with E-state index in [0.29, 0.717) is 42.5 Å². The first kappa shape index (κ1) is 24.9. The summed E-state index contributed by atoms with van der Waals surface area (Å²) in [5.41, 5.74) is 3.23. The van der Waals surface area contributed by atoms with Gasteiger partial charge in [-0.1, -0.05) is 25.1 Å². The Morgan fingerprint density at radius 3 is 2.69 bits per heavy atom. The molecule has 2 amide bonds. The van der Waals surface area contributed by atoms with Crippen LogP contribution in [0.5, 0.6) is 5.75 Å². The third kappa shape index (κ3) is 5.37. The second-order valence-corrected chi connectivity index (χ2v) is 9.34. The van der Waals surface area contributed by atoms with Gasteiger partial charge in [0.25, 0.3) is 5.91 Å². The highest BCUT2D eigenvalue weighted by Gasteiger charge is 2.32. The van der Waals surface area contributed by atoms with Crippen LogP contribution < -0.4 is 4.74 Å². The number of hydrogen-bond acceptors (Lipinski definition) is 5. The largest absolute Gasteiger partial charge is 0.486 e. The van der Waals surface area contributed by atoms with E-state index < -0.39 is 0 Å². The highest BCUT2D eigenvalue weighted by Crippen LogP contribution is 2.38. The summed E-state index contributed by atoms with van der Waals surface area (Å²) >= 11 is 1.39. The minimum atomic E-state index is -0.372. The number of halogens is 1. The van der Waals surface area contributed by atoms with E-state index in [1.807, 2.05) is 49.9 Å². The molecule has 8 heteroatoms. The zero-order valence-electron chi connectivity index (χ0n) is 20.3. The Labute approximate surface area is 209 Å². The van der Waals surface area contributed by atoms with Crippen LogP contribution in [0.3, 0.4) is 0 Å². The summed E-state index contributed by atoms with van der Waals surface area (Å²) in [5, 5.41) is 2.48. The Morgan fingerprint density at radius 1 is 1.17 bits per heavy atom. The lowest BCUT2D eigenvalue weighted by Gasteiger charge is -2.38. The second kappa shape index (κ2) is 11.0. The molecule has 2 aromatic carbocycles. The molecular weight excluding hydrogens is 465 g/mol. The molecule has 6 nitrogen and oxygen atoms in total. The minimum Gasteiger partial charge on any atom is -0.486 e. The van der Waals surface area contributed by atoms with Crippen LogP contribution in [0.4, 0.5) is 4.39 Å². The zero-order valence-corrected chi connectivity index (χ0v) is 21.1. The predicted molar refractivity (Wildman–Crippen MR) is 134 cm³/mol. The lowest BCUT2D eigenvalue weighted by atomic mass is 9.87. The summed E-state index contributed by atoms with van der Waals surface area (Å²) in [4.78, 5) is 33.3. The molecule has 3 aromatic rings. The Morgan fingerprint density at radius 2 is 1.97 bits per heavy atom. The third-order valence-electron chi connectivity index (χ3n) is 6.32. The van der Waals surface area contributed by atoms with Crippen molar-refractivity contribution in [2.75, 3.05) is 19.6 Å². The average Bonchev–Trinajstić information content (AvgIpc) is 3.36. The van der Waals surface area contributed by atoms with Crippen LogP contribution in [0.25, 0.3) is 0 Å². The molecule has 0 fully saturated rings. The van der Waals surface area contributed by atoms with Gasteiger partial charge in [-0.3, -0.25) is 9.59 Å². The molecule has 0 unspecified atom stereocenters. The molecule has 4 rings (SSSR count). The van der Waals surface area contributed by atoms with E-state index >= 15 is 0 Å². The van der Waals surface area contributed by atoms with E-state index in [9.17, 15) is 14.0 Å². The molecule has 1 atom stereocenters. The molecule has 0 radical (unpaired) electrons. The van der Waals surface area contributed by atoms with Gasteiger partial charge < -0.3 is 14.5 Å².